The first kappa shape index (κ1) is 18.1. The number of nitrogens with zero attached hydrogens (tertiary/aromatic N) is 2. The zero-order chi connectivity index (χ0) is 19.1. The molecule has 1 aliphatic heterocycles. The lowest BCUT2D eigenvalue weighted by atomic mass is 9.98. The van der Waals surface area contributed by atoms with Crippen molar-refractivity contribution in [2.45, 2.75) is 45.8 Å². The number of aryl methyl sites for hydroxylation is 3. The third-order valence-electron chi connectivity index (χ3n) is 6.01. The maximum atomic E-state index is 14.9. The van der Waals surface area contributed by atoms with Crippen LogP contribution in [0.4, 0.5) is 4.39 Å². The van der Waals surface area contributed by atoms with Gasteiger partial charge in [0.1, 0.15) is 11.6 Å². The molecule has 0 saturated carbocycles. The molecule has 1 atom stereocenters. The van der Waals surface area contributed by atoms with Gasteiger partial charge < -0.3 is 9.30 Å². The molecule has 0 N–H and O–H groups in total. The number of methoxy groups -OCH3 is 1. The van der Waals surface area contributed by atoms with E-state index in [4.69, 9.17) is 4.74 Å². The summed E-state index contributed by atoms with van der Waals surface area (Å²) in [5, 5.41) is 1.11. The van der Waals surface area contributed by atoms with Crippen molar-refractivity contribution in [3.8, 4) is 5.75 Å². The number of benzene rings is 2. The summed E-state index contributed by atoms with van der Waals surface area (Å²) in [6.07, 6.45) is 1.83. The fourth-order valence-electron chi connectivity index (χ4n) is 4.28. The summed E-state index contributed by atoms with van der Waals surface area (Å²) in [6, 6.07) is 12.1. The first-order valence-electron chi connectivity index (χ1n) is 9.61. The van der Waals surface area contributed by atoms with Gasteiger partial charge in [0.2, 0.25) is 0 Å². The Bertz CT molecular complexity index is 974. The van der Waals surface area contributed by atoms with E-state index in [0.717, 1.165) is 48.1 Å². The van der Waals surface area contributed by atoms with Gasteiger partial charge in [0.25, 0.3) is 0 Å². The molecule has 1 aliphatic rings. The van der Waals surface area contributed by atoms with Crippen LogP contribution in [0.25, 0.3) is 10.9 Å². The third-order valence-corrected chi connectivity index (χ3v) is 6.01. The number of hydrogen-bond acceptors (Lipinski definition) is 2. The number of ether oxygens (including phenoxy) is 1. The minimum atomic E-state index is -0.116. The molecule has 27 heavy (non-hydrogen) atoms. The van der Waals surface area contributed by atoms with Crippen LogP contribution in [0.3, 0.4) is 0 Å². The van der Waals surface area contributed by atoms with Crippen LogP contribution in [0.5, 0.6) is 5.75 Å². The summed E-state index contributed by atoms with van der Waals surface area (Å²) < 4.78 is 22.4. The highest BCUT2D eigenvalue weighted by Gasteiger charge is 2.28. The molecule has 3 aromatic rings. The molecular weight excluding hydrogens is 339 g/mol. The van der Waals surface area contributed by atoms with Gasteiger partial charge in [-0.2, -0.15) is 0 Å². The van der Waals surface area contributed by atoms with Gasteiger partial charge in [-0.3, -0.25) is 4.90 Å². The molecule has 0 aliphatic carbocycles. The molecule has 0 bridgehead atoms. The Balaban J connectivity index is 1.77. The first-order chi connectivity index (χ1) is 13.0. The molecule has 4 rings (SSSR count). The molecule has 0 saturated heterocycles. The fraction of sp³-hybridized carbons (Fsp3) is 0.391. The average molecular weight is 366 g/mol. The Kier molecular flexibility index (Phi) is 4.68. The monoisotopic (exact) mass is 366 g/mol. The van der Waals surface area contributed by atoms with E-state index in [1.165, 1.54) is 16.8 Å². The highest BCUT2D eigenvalue weighted by Crippen LogP contribution is 2.36. The van der Waals surface area contributed by atoms with E-state index in [-0.39, 0.29) is 5.82 Å². The Morgan fingerprint density at radius 2 is 1.89 bits per heavy atom. The Labute approximate surface area is 160 Å². The van der Waals surface area contributed by atoms with E-state index < -0.39 is 0 Å². The van der Waals surface area contributed by atoms with Gasteiger partial charge >= 0.3 is 0 Å². The number of fused-ring (bicyclic) bond motifs is 3. The quantitative estimate of drug-likeness (QED) is 0.665. The summed E-state index contributed by atoms with van der Waals surface area (Å²) in [5.41, 5.74) is 5.78. The van der Waals surface area contributed by atoms with E-state index >= 15 is 0 Å². The second-order valence-corrected chi connectivity index (χ2v) is 7.73. The van der Waals surface area contributed by atoms with E-state index in [0.29, 0.717) is 6.04 Å². The molecule has 0 radical (unpaired) electrons. The summed E-state index contributed by atoms with van der Waals surface area (Å²) >= 11 is 0. The summed E-state index contributed by atoms with van der Waals surface area (Å²) in [5.74, 6) is 0.746. The minimum Gasteiger partial charge on any atom is -0.497 e. The number of likely N-dealkylation sites (N-methyl/N-ethyl adjacent to an activating group) is 1. The van der Waals surface area contributed by atoms with Crippen LogP contribution in [0, 0.1) is 12.7 Å². The van der Waals surface area contributed by atoms with Crippen molar-refractivity contribution in [3.63, 3.8) is 0 Å². The fourth-order valence-corrected chi connectivity index (χ4v) is 4.28. The first-order valence-corrected chi connectivity index (χ1v) is 9.61. The second kappa shape index (κ2) is 7.01. The summed E-state index contributed by atoms with van der Waals surface area (Å²) in [7, 11) is 3.83. The summed E-state index contributed by atoms with van der Waals surface area (Å²) in [4.78, 5) is 2.36. The molecule has 142 valence electrons. The smallest absolute Gasteiger partial charge is 0.147 e. The highest BCUT2D eigenvalue weighted by molar-refractivity contribution is 5.89. The number of hydrogen-bond donors (Lipinski definition) is 0. The average Bonchev–Trinajstić information content (AvgIpc) is 2.98. The van der Waals surface area contributed by atoms with Crippen molar-refractivity contribution in [1.82, 2.24) is 9.47 Å². The van der Waals surface area contributed by atoms with Crippen molar-refractivity contribution in [1.29, 1.82) is 0 Å². The van der Waals surface area contributed by atoms with Crippen molar-refractivity contribution in [2.75, 3.05) is 14.2 Å². The van der Waals surface area contributed by atoms with Crippen LogP contribution in [-0.4, -0.2) is 29.7 Å². The molecule has 4 heteroatoms. The molecule has 0 fully saturated rings. The zero-order valence-electron chi connectivity index (χ0n) is 16.6. The van der Waals surface area contributed by atoms with Gasteiger partial charge in [0, 0.05) is 36.6 Å². The van der Waals surface area contributed by atoms with Crippen LogP contribution in [0.15, 0.2) is 36.4 Å². The molecule has 0 amide bonds. The Morgan fingerprint density at radius 3 is 2.59 bits per heavy atom. The summed E-state index contributed by atoms with van der Waals surface area (Å²) in [6.45, 7) is 6.01. The van der Waals surface area contributed by atoms with E-state index in [2.05, 4.69) is 42.5 Å². The van der Waals surface area contributed by atoms with Crippen LogP contribution in [-0.2, 0) is 25.9 Å². The van der Waals surface area contributed by atoms with E-state index in [9.17, 15) is 4.39 Å². The van der Waals surface area contributed by atoms with Gasteiger partial charge in [-0.1, -0.05) is 18.2 Å². The molecule has 3 nitrogen and oxygen atoms in total. The van der Waals surface area contributed by atoms with Crippen LogP contribution >= 0.6 is 0 Å². The molecular formula is C23H27FN2O. The van der Waals surface area contributed by atoms with E-state index in [1.54, 1.807) is 13.2 Å². The predicted octanol–water partition coefficient (Wildman–Crippen LogP) is 4.72. The number of aromatic nitrogens is 1. The lowest BCUT2D eigenvalue weighted by Gasteiger charge is -2.31. The normalized spacial score (nSPS) is 17.3. The van der Waals surface area contributed by atoms with Gasteiger partial charge in [-0.05, 0) is 62.2 Å². The molecule has 2 heterocycles. The molecule has 1 aromatic heterocycles. The zero-order valence-corrected chi connectivity index (χ0v) is 16.6. The Morgan fingerprint density at radius 1 is 1.15 bits per heavy atom. The maximum absolute atomic E-state index is 14.9. The van der Waals surface area contributed by atoms with Crippen LogP contribution in [0.2, 0.25) is 0 Å². The number of rotatable bonds is 4. The lowest BCUT2D eigenvalue weighted by molar-refractivity contribution is 0.228. The topological polar surface area (TPSA) is 17.4 Å². The molecule has 1 unspecified atom stereocenters. The molecule has 2 aromatic carbocycles. The Hall–Kier alpha value is -2.33. The standard InChI is InChI=1S/C23H27FN2O/c1-15-5-10-20(24)23-22(15)19-14-25(3)16(2)13-21(19)26(23)12-11-17-6-8-18(27-4)9-7-17/h5-10,16H,11-14H2,1-4H3. The third kappa shape index (κ3) is 3.12. The SMILES string of the molecule is COc1ccc(CCn2c3c(c4c(C)ccc(F)c42)CN(C)C(C)C3)cc1. The van der Waals surface area contributed by atoms with Gasteiger partial charge in [0.05, 0.1) is 12.6 Å². The second-order valence-electron chi connectivity index (χ2n) is 7.73. The van der Waals surface area contributed by atoms with Crippen LogP contribution in [0.1, 0.15) is 29.3 Å². The molecule has 0 spiro atoms. The van der Waals surface area contributed by atoms with Crippen LogP contribution < -0.4 is 4.74 Å². The number of halogens is 1. The van der Waals surface area contributed by atoms with Gasteiger partial charge in [0.15, 0.2) is 0 Å². The van der Waals surface area contributed by atoms with Gasteiger partial charge in [-0.25, -0.2) is 4.39 Å². The highest BCUT2D eigenvalue weighted by atomic mass is 19.1. The van der Waals surface area contributed by atoms with Crippen molar-refractivity contribution in [2.24, 2.45) is 0 Å². The maximum Gasteiger partial charge on any atom is 0.147 e. The largest absolute Gasteiger partial charge is 0.497 e. The lowest BCUT2D eigenvalue weighted by Crippen LogP contribution is -2.35. The van der Waals surface area contributed by atoms with Crippen molar-refractivity contribution >= 4 is 10.9 Å². The van der Waals surface area contributed by atoms with Crippen molar-refractivity contribution < 1.29 is 9.13 Å². The minimum absolute atomic E-state index is 0.116. The van der Waals surface area contributed by atoms with E-state index in [1.807, 2.05) is 18.2 Å². The van der Waals surface area contributed by atoms with Gasteiger partial charge in [-0.15, -0.1) is 0 Å². The van der Waals surface area contributed by atoms with Crippen molar-refractivity contribution in [3.05, 3.63) is 64.6 Å². The predicted molar refractivity (Wildman–Crippen MR) is 108 cm³/mol.